The molecule has 0 rings (SSSR count). The fourth-order valence-electron chi connectivity index (χ4n) is 0.417. The normalized spacial score (nSPS) is 16.8. The van der Waals surface area contributed by atoms with E-state index in [-0.39, 0.29) is 0 Å². The Morgan fingerprint density at radius 2 is 2.22 bits per heavy atom. The maximum atomic E-state index is 10.1. The first-order chi connectivity index (χ1) is 4.09. The first kappa shape index (κ1) is 8.82. The van der Waals surface area contributed by atoms with Gasteiger partial charge in [0.2, 0.25) is 0 Å². The molecule has 4 nitrogen and oxygen atoms in total. The number of rotatable bonds is 3. The van der Waals surface area contributed by atoms with Crippen LogP contribution in [0.5, 0.6) is 0 Å². The third-order valence-corrected chi connectivity index (χ3v) is 1.29. The number of aliphatic carboxylic acids is 1. The van der Waals surface area contributed by atoms with Gasteiger partial charge in [0.25, 0.3) is 0 Å². The van der Waals surface area contributed by atoms with Crippen LogP contribution in [-0.4, -0.2) is 28.3 Å². The van der Waals surface area contributed by atoms with Gasteiger partial charge in [-0.2, -0.15) is 0 Å². The van der Waals surface area contributed by atoms with E-state index in [1.165, 1.54) is 6.92 Å². The van der Waals surface area contributed by atoms with Gasteiger partial charge in [-0.05, 0) is 6.92 Å². The van der Waals surface area contributed by atoms with Crippen LogP contribution in [0, 0.1) is 0 Å². The summed E-state index contributed by atoms with van der Waals surface area (Å²) >= 11 is 0. The number of hydrogen-bond acceptors (Lipinski definition) is 3. The molecule has 0 aliphatic heterocycles. The van der Waals surface area contributed by atoms with Gasteiger partial charge in [0.1, 0.15) is 6.04 Å². The van der Waals surface area contributed by atoms with Gasteiger partial charge in [-0.25, -0.2) is 0 Å². The quantitative estimate of drug-likeness (QED) is 0.462. The molecule has 0 aromatic heterocycles. The summed E-state index contributed by atoms with van der Waals surface area (Å²) in [5, 5.41) is 19.4. The van der Waals surface area contributed by atoms with Gasteiger partial charge in [0.15, 0.2) is 0 Å². The summed E-state index contributed by atoms with van der Waals surface area (Å²) < 4.78 is 0. The van der Waals surface area contributed by atoms with Gasteiger partial charge >= 0.3 is 5.97 Å². The second-order valence-electron chi connectivity index (χ2n) is 1.72. The van der Waals surface area contributed by atoms with Crippen LogP contribution >= 0.6 is 9.39 Å². The highest BCUT2D eigenvalue weighted by Gasteiger charge is 2.19. The highest BCUT2D eigenvalue weighted by atomic mass is 31.0. The average molecular weight is 151 g/mol. The van der Waals surface area contributed by atoms with Crippen molar-refractivity contribution < 1.29 is 15.0 Å². The highest BCUT2D eigenvalue weighted by Crippen LogP contribution is 1.93. The molecule has 0 amide bonds. The zero-order valence-corrected chi connectivity index (χ0v) is 6.19. The molecular formula is C4H10NO3P. The molecule has 0 aliphatic rings. The van der Waals surface area contributed by atoms with Crippen molar-refractivity contribution in [2.45, 2.75) is 19.1 Å². The van der Waals surface area contributed by atoms with Gasteiger partial charge < -0.3 is 10.2 Å². The van der Waals surface area contributed by atoms with E-state index in [0.717, 1.165) is 0 Å². The first-order valence-corrected chi connectivity index (χ1v) is 3.04. The van der Waals surface area contributed by atoms with Crippen molar-refractivity contribution in [1.29, 1.82) is 0 Å². The minimum Gasteiger partial charge on any atom is -0.480 e. The zero-order valence-electron chi connectivity index (χ0n) is 5.03. The van der Waals surface area contributed by atoms with Gasteiger partial charge in [-0.3, -0.25) is 9.88 Å². The Balaban J connectivity index is 3.83. The second kappa shape index (κ2) is 3.77. The summed E-state index contributed by atoms with van der Waals surface area (Å²) in [6.45, 7) is 1.41. The molecule has 0 saturated heterocycles. The smallest absolute Gasteiger partial charge is 0.323 e. The van der Waals surface area contributed by atoms with Crippen LogP contribution in [0.25, 0.3) is 0 Å². The minimum atomic E-state index is -1.06. The molecule has 0 saturated carbocycles. The summed E-state index contributed by atoms with van der Waals surface area (Å²) in [7, 11) is 2.04. The molecular weight excluding hydrogens is 141 g/mol. The average Bonchev–Trinajstić information content (AvgIpc) is 1.64. The molecule has 3 N–H and O–H groups in total. The molecule has 1 unspecified atom stereocenters. The van der Waals surface area contributed by atoms with Gasteiger partial charge in [-0.15, -0.1) is 0 Å². The van der Waals surface area contributed by atoms with Crippen molar-refractivity contribution in [2.24, 2.45) is 0 Å². The SMILES string of the molecule is C[C@@H](O)[C@H](NP)C(=O)O. The number of carbonyl (C=O) groups is 1. The van der Waals surface area contributed by atoms with Crippen LogP contribution in [0.15, 0.2) is 0 Å². The first-order valence-electron chi connectivity index (χ1n) is 2.46. The van der Waals surface area contributed by atoms with Crippen LogP contribution in [0.3, 0.4) is 0 Å². The Morgan fingerprint density at radius 3 is 2.22 bits per heavy atom. The third-order valence-electron chi connectivity index (χ3n) is 0.928. The van der Waals surface area contributed by atoms with Crippen molar-refractivity contribution in [3.05, 3.63) is 0 Å². The molecule has 0 radical (unpaired) electrons. The van der Waals surface area contributed by atoms with Crippen molar-refractivity contribution in [1.82, 2.24) is 5.09 Å². The van der Waals surface area contributed by atoms with E-state index >= 15 is 0 Å². The summed E-state index contributed by atoms with van der Waals surface area (Å²) in [5.41, 5.74) is 0. The summed E-state index contributed by atoms with van der Waals surface area (Å²) in [6.07, 6.45) is -0.875. The van der Waals surface area contributed by atoms with Gasteiger partial charge in [0, 0.05) is 0 Å². The molecule has 0 bridgehead atoms. The molecule has 0 fully saturated rings. The number of aliphatic hydroxyl groups excluding tert-OH is 1. The number of carboxylic acids is 1. The molecule has 5 heteroatoms. The Labute approximate surface area is 55.5 Å². The van der Waals surface area contributed by atoms with Gasteiger partial charge in [0.05, 0.1) is 6.10 Å². The lowest BCUT2D eigenvalue weighted by molar-refractivity contribution is -0.141. The standard InChI is InChI=1S/C4H10NO3P/c1-2(6)3(5-9)4(7)8/h2-3,5-6H,9H2,1H3,(H,7,8)/t2-,3+/m1/s1. The van der Waals surface area contributed by atoms with Crippen molar-refractivity contribution in [3.8, 4) is 0 Å². The van der Waals surface area contributed by atoms with Crippen molar-refractivity contribution >= 4 is 15.4 Å². The molecule has 9 heavy (non-hydrogen) atoms. The number of hydrogen-bond donors (Lipinski definition) is 3. The van der Waals surface area contributed by atoms with Gasteiger partial charge in [-0.1, -0.05) is 9.39 Å². The second-order valence-corrected chi connectivity index (χ2v) is 2.06. The Kier molecular flexibility index (Phi) is 3.70. The van der Waals surface area contributed by atoms with Crippen molar-refractivity contribution in [3.63, 3.8) is 0 Å². The summed E-state index contributed by atoms with van der Waals surface area (Å²) in [4.78, 5) is 10.1. The van der Waals surface area contributed by atoms with E-state index in [9.17, 15) is 4.79 Å². The molecule has 0 aliphatic carbocycles. The van der Waals surface area contributed by atoms with E-state index < -0.39 is 18.1 Å². The van der Waals surface area contributed by atoms with E-state index in [1.54, 1.807) is 0 Å². The topological polar surface area (TPSA) is 69.6 Å². The maximum Gasteiger partial charge on any atom is 0.323 e. The molecule has 0 aromatic rings. The van der Waals surface area contributed by atoms with Crippen LogP contribution in [0.4, 0.5) is 0 Å². The minimum absolute atomic E-state index is 0.875. The zero-order chi connectivity index (χ0) is 7.44. The molecule has 0 spiro atoms. The lowest BCUT2D eigenvalue weighted by Gasteiger charge is -2.12. The monoisotopic (exact) mass is 151 g/mol. The van der Waals surface area contributed by atoms with E-state index in [1.807, 2.05) is 9.39 Å². The van der Waals surface area contributed by atoms with Crippen molar-refractivity contribution in [2.75, 3.05) is 0 Å². The van der Waals surface area contributed by atoms with E-state index in [4.69, 9.17) is 10.2 Å². The van der Waals surface area contributed by atoms with Crippen LogP contribution < -0.4 is 5.09 Å². The van der Waals surface area contributed by atoms with E-state index in [0.29, 0.717) is 0 Å². The lowest BCUT2D eigenvalue weighted by Crippen LogP contribution is -2.39. The Hall–Kier alpha value is -0.180. The van der Waals surface area contributed by atoms with Crippen LogP contribution in [0.2, 0.25) is 0 Å². The number of carboxylic acid groups (broad SMARTS) is 1. The number of aliphatic hydroxyl groups is 1. The number of nitrogens with one attached hydrogen (secondary N) is 1. The molecule has 0 aromatic carbocycles. The predicted molar refractivity (Wildman–Crippen MR) is 36.0 cm³/mol. The maximum absolute atomic E-state index is 10.1. The molecule has 0 heterocycles. The predicted octanol–water partition coefficient (Wildman–Crippen LogP) is -0.800. The third kappa shape index (κ3) is 2.75. The molecule has 54 valence electrons. The fourth-order valence-corrected chi connectivity index (χ4v) is 0.838. The summed E-state index contributed by atoms with van der Waals surface area (Å²) in [6, 6.07) is -0.894. The Bertz CT molecular complexity index is 106. The lowest BCUT2D eigenvalue weighted by atomic mass is 10.2. The Morgan fingerprint density at radius 1 is 1.78 bits per heavy atom. The fraction of sp³-hybridized carbons (Fsp3) is 0.750. The van der Waals surface area contributed by atoms with Crippen LogP contribution in [0.1, 0.15) is 6.92 Å². The summed E-state index contributed by atoms with van der Waals surface area (Å²) in [5.74, 6) is -1.06. The largest absolute Gasteiger partial charge is 0.480 e. The molecule has 3 atom stereocenters. The van der Waals surface area contributed by atoms with Crippen LogP contribution in [-0.2, 0) is 4.79 Å². The van der Waals surface area contributed by atoms with E-state index in [2.05, 4.69) is 5.09 Å². The highest BCUT2D eigenvalue weighted by molar-refractivity contribution is 7.13.